The van der Waals surface area contributed by atoms with Crippen molar-refractivity contribution in [1.29, 1.82) is 0 Å². The van der Waals surface area contributed by atoms with Gasteiger partial charge in [-0.3, -0.25) is 4.79 Å². The second-order valence-electron chi connectivity index (χ2n) is 5.84. The summed E-state index contributed by atoms with van der Waals surface area (Å²) in [6.45, 7) is 0. The number of amides is 1. The molecule has 0 heterocycles. The molecule has 3 rings (SSSR count). The molecule has 0 bridgehead atoms. The normalized spacial score (nSPS) is 11.2. The summed E-state index contributed by atoms with van der Waals surface area (Å²) >= 11 is 11.8. The third kappa shape index (κ3) is 4.89. The summed E-state index contributed by atoms with van der Waals surface area (Å²) in [6, 6.07) is 19.1. The van der Waals surface area contributed by atoms with Crippen molar-refractivity contribution >= 4 is 44.6 Å². The van der Waals surface area contributed by atoms with Crippen LogP contribution >= 0.6 is 23.2 Å². The molecular formula is C20H15Cl2NO3S. The molecule has 4 nitrogen and oxygen atoms in total. The van der Waals surface area contributed by atoms with Gasteiger partial charge in [0.05, 0.1) is 16.2 Å². The topological polar surface area (TPSA) is 63.2 Å². The number of benzene rings is 3. The van der Waals surface area contributed by atoms with Crippen molar-refractivity contribution in [1.82, 2.24) is 0 Å². The van der Waals surface area contributed by atoms with E-state index in [1.807, 2.05) is 6.07 Å². The average molecular weight is 420 g/mol. The number of sulfone groups is 1. The van der Waals surface area contributed by atoms with Gasteiger partial charge < -0.3 is 5.32 Å². The summed E-state index contributed by atoms with van der Waals surface area (Å²) in [5.74, 6) is -0.220. The zero-order valence-corrected chi connectivity index (χ0v) is 16.4. The van der Waals surface area contributed by atoms with E-state index in [-0.39, 0.29) is 22.1 Å². The molecule has 0 fully saturated rings. The molecule has 7 heteroatoms. The Bertz CT molecular complexity index is 1080. The molecule has 3 aromatic rings. The summed E-state index contributed by atoms with van der Waals surface area (Å²) in [4.78, 5) is 12.4. The lowest BCUT2D eigenvalue weighted by atomic mass is 10.1. The lowest BCUT2D eigenvalue weighted by Gasteiger charge is -2.08. The van der Waals surface area contributed by atoms with Crippen LogP contribution in [0, 0.1) is 0 Å². The minimum Gasteiger partial charge on any atom is -0.326 e. The maximum atomic E-state index is 12.6. The molecule has 0 spiro atoms. The Balaban J connectivity index is 1.72. The van der Waals surface area contributed by atoms with Gasteiger partial charge in [-0.1, -0.05) is 41.4 Å². The van der Waals surface area contributed by atoms with Crippen LogP contribution in [-0.4, -0.2) is 14.3 Å². The summed E-state index contributed by atoms with van der Waals surface area (Å²) in [5.41, 5.74) is 1.30. The van der Waals surface area contributed by atoms with Crippen molar-refractivity contribution in [3.05, 3.63) is 88.4 Å². The Morgan fingerprint density at radius 2 is 1.44 bits per heavy atom. The Morgan fingerprint density at radius 3 is 2.07 bits per heavy atom. The molecule has 1 amide bonds. The van der Waals surface area contributed by atoms with Gasteiger partial charge in [0.15, 0.2) is 0 Å². The SMILES string of the molecule is O=C(Cc1cccc(Cl)c1)Nc1ccc(S(=O)(=O)c2cccc(Cl)c2)cc1. The molecule has 27 heavy (non-hydrogen) atoms. The maximum absolute atomic E-state index is 12.6. The van der Waals surface area contributed by atoms with Crippen LogP contribution in [0.3, 0.4) is 0 Å². The van der Waals surface area contributed by atoms with Crippen LogP contribution < -0.4 is 5.32 Å². The van der Waals surface area contributed by atoms with Crippen LogP contribution in [0.15, 0.2) is 82.6 Å². The van der Waals surface area contributed by atoms with Crippen molar-refractivity contribution in [2.75, 3.05) is 5.32 Å². The molecule has 0 aromatic heterocycles. The Kier molecular flexibility index (Phi) is 5.85. The summed E-state index contributed by atoms with van der Waals surface area (Å²) in [6.07, 6.45) is 0.170. The smallest absolute Gasteiger partial charge is 0.228 e. The molecule has 138 valence electrons. The van der Waals surface area contributed by atoms with Crippen molar-refractivity contribution in [3.63, 3.8) is 0 Å². The van der Waals surface area contributed by atoms with E-state index in [4.69, 9.17) is 23.2 Å². The van der Waals surface area contributed by atoms with E-state index in [1.165, 1.54) is 24.3 Å². The van der Waals surface area contributed by atoms with Crippen molar-refractivity contribution in [3.8, 4) is 0 Å². The molecule has 0 unspecified atom stereocenters. The van der Waals surface area contributed by atoms with E-state index in [9.17, 15) is 13.2 Å². The molecule has 0 saturated heterocycles. The molecule has 0 aliphatic rings. The highest BCUT2D eigenvalue weighted by atomic mass is 35.5. The fourth-order valence-electron chi connectivity index (χ4n) is 2.53. The number of carbonyl (C=O) groups is 1. The molecule has 1 N–H and O–H groups in total. The Labute approximate surface area is 167 Å². The molecular weight excluding hydrogens is 405 g/mol. The number of rotatable bonds is 5. The largest absolute Gasteiger partial charge is 0.326 e. The van der Waals surface area contributed by atoms with Gasteiger partial charge in [0, 0.05) is 15.7 Å². The van der Waals surface area contributed by atoms with Crippen LogP contribution in [-0.2, 0) is 21.1 Å². The van der Waals surface area contributed by atoms with E-state index in [0.717, 1.165) is 5.56 Å². The fraction of sp³-hybridized carbons (Fsp3) is 0.0500. The van der Waals surface area contributed by atoms with Gasteiger partial charge in [0.25, 0.3) is 0 Å². The highest BCUT2D eigenvalue weighted by Gasteiger charge is 2.18. The number of halogens is 2. The fourth-order valence-corrected chi connectivity index (χ4v) is 4.30. The van der Waals surface area contributed by atoms with Crippen LogP contribution in [0.25, 0.3) is 0 Å². The summed E-state index contributed by atoms with van der Waals surface area (Å²) in [5, 5.41) is 3.65. The quantitative estimate of drug-likeness (QED) is 0.631. The van der Waals surface area contributed by atoms with Crippen LogP contribution in [0.5, 0.6) is 0 Å². The van der Waals surface area contributed by atoms with Gasteiger partial charge in [-0.05, 0) is 60.2 Å². The molecule has 0 aliphatic carbocycles. The number of anilines is 1. The first kappa shape index (κ1) is 19.4. The third-order valence-corrected chi connectivity index (χ3v) is 6.05. The van der Waals surface area contributed by atoms with E-state index in [1.54, 1.807) is 42.5 Å². The van der Waals surface area contributed by atoms with E-state index < -0.39 is 9.84 Å². The average Bonchev–Trinajstić information content (AvgIpc) is 2.62. The van der Waals surface area contributed by atoms with Crippen molar-refractivity contribution in [2.45, 2.75) is 16.2 Å². The number of hydrogen-bond donors (Lipinski definition) is 1. The Morgan fingerprint density at radius 1 is 0.815 bits per heavy atom. The van der Waals surface area contributed by atoms with Gasteiger partial charge in [-0.15, -0.1) is 0 Å². The van der Waals surface area contributed by atoms with Gasteiger partial charge in [0.2, 0.25) is 15.7 Å². The number of hydrogen-bond acceptors (Lipinski definition) is 3. The van der Waals surface area contributed by atoms with Gasteiger partial charge >= 0.3 is 0 Å². The minimum absolute atomic E-state index is 0.118. The van der Waals surface area contributed by atoms with Crippen molar-refractivity contribution in [2.24, 2.45) is 0 Å². The van der Waals surface area contributed by atoms with E-state index in [2.05, 4.69) is 5.32 Å². The second-order valence-corrected chi connectivity index (χ2v) is 8.66. The zero-order chi connectivity index (χ0) is 19.4. The zero-order valence-electron chi connectivity index (χ0n) is 14.0. The first-order valence-electron chi connectivity index (χ1n) is 7.99. The Hall–Kier alpha value is -2.34. The van der Waals surface area contributed by atoms with Crippen LogP contribution in [0.4, 0.5) is 5.69 Å². The molecule has 3 aromatic carbocycles. The van der Waals surface area contributed by atoms with Gasteiger partial charge in [0.1, 0.15) is 0 Å². The molecule has 0 aliphatic heterocycles. The first-order chi connectivity index (χ1) is 12.8. The lowest BCUT2D eigenvalue weighted by molar-refractivity contribution is -0.115. The maximum Gasteiger partial charge on any atom is 0.228 e. The summed E-state index contributed by atoms with van der Waals surface area (Å²) in [7, 11) is -3.67. The third-order valence-electron chi connectivity index (χ3n) is 3.81. The van der Waals surface area contributed by atoms with E-state index >= 15 is 0 Å². The van der Waals surface area contributed by atoms with Gasteiger partial charge in [-0.25, -0.2) is 8.42 Å². The summed E-state index contributed by atoms with van der Waals surface area (Å²) < 4.78 is 25.3. The molecule has 0 atom stereocenters. The lowest BCUT2D eigenvalue weighted by Crippen LogP contribution is -2.14. The monoisotopic (exact) mass is 419 g/mol. The predicted molar refractivity (Wildman–Crippen MR) is 107 cm³/mol. The van der Waals surface area contributed by atoms with Gasteiger partial charge in [-0.2, -0.15) is 0 Å². The number of carbonyl (C=O) groups excluding carboxylic acids is 1. The molecule has 0 saturated carbocycles. The van der Waals surface area contributed by atoms with E-state index in [0.29, 0.717) is 15.7 Å². The standard InChI is InChI=1S/C20H15Cl2NO3S/c21-15-4-1-3-14(11-15)12-20(24)23-17-7-9-18(10-8-17)27(25,26)19-6-2-5-16(22)13-19/h1-11,13H,12H2,(H,23,24). The van der Waals surface area contributed by atoms with Crippen molar-refractivity contribution < 1.29 is 13.2 Å². The highest BCUT2D eigenvalue weighted by Crippen LogP contribution is 2.24. The first-order valence-corrected chi connectivity index (χ1v) is 10.2. The van der Waals surface area contributed by atoms with Crippen LogP contribution in [0.1, 0.15) is 5.56 Å². The highest BCUT2D eigenvalue weighted by molar-refractivity contribution is 7.91. The predicted octanol–water partition coefficient (Wildman–Crippen LogP) is 5.01. The minimum atomic E-state index is -3.67. The number of nitrogens with one attached hydrogen (secondary N) is 1. The molecule has 0 radical (unpaired) electrons. The van der Waals surface area contributed by atoms with Crippen LogP contribution in [0.2, 0.25) is 10.0 Å². The second kappa shape index (κ2) is 8.13.